The van der Waals surface area contributed by atoms with E-state index in [1.165, 1.54) is 11.9 Å². The molecule has 2 N–H and O–H groups in total. The zero-order valence-corrected chi connectivity index (χ0v) is 11.1. The van der Waals surface area contributed by atoms with E-state index in [0.717, 1.165) is 0 Å². The van der Waals surface area contributed by atoms with Gasteiger partial charge in [0.15, 0.2) is 6.61 Å². The van der Waals surface area contributed by atoms with E-state index in [9.17, 15) is 14.4 Å². The topological polar surface area (TPSA) is 114 Å². The van der Waals surface area contributed by atoms with Crippen LogP contribution in [0.4, 0.5) is 10.7 Å². The fraction of sp³-hybridized carbons (Fsp3) is 0.364. The lowest BCUT2D eigenvalue weighted by Gasteiger charge is -2.15. The number of carbonyl (C=O) groups excluding carboxylic acids is 3. The van der Waals surface area contributed by atoms with E-state index in [4.69, 9.17) is 4.74 Å². The highest BCUT2D eigenvalue weighted by Crippen LogP contribution is 2.01. The predicted octanol–water partition coefficient (Wildman–Crippen LogP) is -1.09. The third-order valence-electron chi connectivity index (χ3n) is 2.10. The first-order chi connectivity index (χ1) is 9.52. The Morgan fingerprint density at radius 3 is 2.55 bits per heavy atom. The van der Waals surface area contributed by atoms with Crippen LogP contribution in [0.2, 0.25) is 0 Å². The normalized spacial score (nSPS) is 9.50. The monoisotopic (exact) mass is 281 g/mol. The summed E-state index contributed by atoms with van der Waals surface area (Å²) in [7, 11) is 2.98. The molecule has 0 bridgehead atoms. The van der Waals surface area contributed by atoms with Crippen molar-refractivity contribution in [2.45, 2.75) is 0 Å². The van der Waals surface area contributed by atoms with Crippen molar-refractivity contribution in [3.63, 3.8) is 0 Å². The van der Waals surface area contributed by atoms with Gasteiger partial charge in [-0.2, -0.15) is 0 Å². The smallest absolute Gasteiger partial charge is 0.326 e. The number of ether oxygens (including phenoxy) is 1. The largest absolute Gasteiger partial charge is 0.454 e. The second-order valence-electron chi connectivity index (χ2n) is 3.69. The van der Waals surface area contributed by atoms with Gasteiger partial charge in [-0.15, -0.1) is 0 Å². The molecule has 0 saturated heterocycles. The summed E-state index contributed by atoms with van der Waals surface area (Å²) in [6.07, 6.45) is 3.09. The summed E-state index contributed by atoms with van der Waals surface area (Å²) in [6.45, 7) is -0.646. The van der Waals surface area contributed by atoms with Gasteiger partial charge in [0.2, 0.25) is 5.95 Å². The van der Waals surface area contributed by atoms with Gasteiger partial charge < -0.3 is 15.0 Å². The summed E-state index contributed by atoms with van der Waals surface area (Å²) < 4.78 is 4.71. The molecule has 20 heavy (non-hydrogen) atoms. The van der Waals surface area contributed by atoms with Crippen LogP contribution in [-0.4, -0.2) is 55.1 Å². The molecule has 0 aliphatic rings. The third-order valence-corrected chi connectivity index (χ3v) is 2.10. The summed E-state index contributed by atoms with van der Waals surface area (Å²) >= 11 is 0. The molecule has 0 aliphatic heterocycles. The Bertz CT molecular complexity index is 479. The Balaban J connectivity index is 2.33. The number of carbonyl (C=O) groups is 3. The number of urea groups is 1. The fourth-order valence-electron chi connectivity index (χ4n) is 1.17. The number of amides is 3. The van der Waals surface area contributed by atoms with Crippen molar-refractivity contribution in [3.8, 4) is 0 Å². The van der Waals surface area contributed by atoms with Crippen LogP contribution >= 0.6 is 0 Å². The molecular formula is C11H15N5O4. The van der Waals surface area contributed by atoms with Gasteiger partial charge in [0.05, 0.1) is 0 Å². The first kappa shape index (κ1) is 15.3. The molecule has 1 rings (SSSR count). The van der Waals surface area contributed by atoms with Gasteiger partial charge in [-0.25, -0.2) is 14.8 Å². The van der Waals surface area contributed by atoms with E-state index < -0.39 is 24.5 Å². The van der Waals surface area contributed by atoms with Crippen LogP contribution in [0.15, 0.2) is 18.5 Å². The Morgan fingerprint density at radius 1 is 1.30 bits per heavy atom. The van der Waals surface area contributed by atoms with Gasteiger partial charge in [-0.1, -0.05) is 0 Å². The van der Waals surface area contributed by atoms with E-state index in [1.54, 1.807) is 25.5 Å². The molecule has 0 aliphatic carbocycles. The minimum Gasteiger partial charge on any atom is -0.454 e. The molecule has 108 valence electrons. The van der Waals surface area contributed by atoms with Crippen molar-refractivity contribution in [2.24, 2.45) is 0 Å². The number of imide groups is 1. The third kappa shape index (κ3) is 5.29. The summed E-state index contributed by atoms with van der Waals surface area (Å²) in [5.74, 6) is -0.984. The SMILES string of the molecule is CNC(=O)NC(=O)COC(=O)CN(C)c1ncccn1. The molecule has 0 unspecified atom stereocenters. The van der Waals surface area contributed by atoms with Crippen molar-refractivity contribution in [1.29, 1.82) is 0 Å². The van der Waals surface area contributed by atoms with Crippen LogP contribution in [0.3, 0.4) is 0 Å². The minimum atomic E-state index is -0.712. The molecule has 0 aromatic carbocycles. The van der Waals surface area contributed by atoms with Crippen LogP contribution in [-0.2, 0) is 14.3 Å². The lowest BCUT2D eigenvalue weighted by molar-refractivity contribution is -0.146. The lowest BCUT2D eigenvalue weighted by atomic mass is 10.5. The Kier molecular flexibility index (Phi) is 5.88. The molecule has 0 atom stereocenters. The Labute approximate surface area is 115 Å². The summed E-state index contributed by atoms with van der Waals surface area (Å²) in [5, 5.41) is 4.17. The summed E-state index contributed by atoms with van der Waals surface area (Å²) in [6, 6.07) is 0.986. The number of anilines is 1. The van der Waals surface area contributed by atoms with E-state index in [2.05, 4.69) is 15.3 Å². The fourth-order valence-corrected chi connectivity index (χ4v) is 1.17. The van der Waals surface area contributed by atoms with Gasteiger partial charge in [-0.3, -0.25) is 14.9 Å². The van der Waals surface area contributed by atoms with Crippen molar-refractivity contribution >= 4 is 23.9 Å². The average Bonchev–Trinajstić information content (AvgIpc) is 2.45. The van der Waals surface area contributed by atoms with Crippen molar-refractivity contribution in [3.05, 3.63) is 18.5 Å². The van der Waals surface area contributed by atoms with Gasteiger partial charge in [0.1, 0.15) is 6.54 Å². The maximum Gasteiger partial charge on any atom is 0.326 e. The second kappa shape index (κ2) is 7.67. The molecule has 0 fully saturated rings. The van der Waals surface area contributed by atoms with Crippen LogP contribution < -0.4 is 15.5 Å². The highest BCUT2D eigenvalue weighted by atomic mass is 16.5. The maximum atomic E-state index is 11.5. The maximum absolute atomic E-state index is 11.5. The molecule has 1 aromatic heterocycles. The molecule has 9 heteroatoms. The van der Waals surface area contributed by atoms with Gasteiger partial charge in [0.25, 0.3) is 5.91 Å². The number of rotatable bonds is 5. The summed E-state index contributed by atoms with van der Waals surface area (Å²) in [5.41, 5.74) is 0. The van der Waals surface area contributed by atoms with Crippen LogP contribution in [0, 0.1) is 0 Å². The van der Waals surface area contributed by atoms with Crippen molar-refractivity contribution in [1.82, 2.24) is 20.6 Å². The number of hydrogen-bond donors (Lipinski definition) is 2. The number of likely N-dealkylation sites (N-methyl/N-ethyl adjacent to an activating group) is 1. The zero-order valence-electron chi connectivity index (χ0n) is 11.1. The molecule has 0 saturated carbocycles. The highest BCUT2D eigenvalue weighted by molar-refractivity contribution is 5.95. The van der Waals surface area contributed by atoms with E-state index in [1.807, 2.05) is 5.32 Å². The van der Waals surface area contributed by atoms with Crippen molar-refractivity contribution in [2.75, 3.05) is 32.1 Å². The number of esters is 1. The number of nitrogens with one attached hydrogen (secondary N) is 2. The molecule has 0 spiro atoms. The molecule has 3 amide bonds. The van der Waals surface area contributed by atoms with Crippen molar-refractivity contribution < 1.29 is 19.1 Å². The standard InChI is InChI=1S/C11H15N5O4/c1-12-11(19)15-8(17)7-20-9(18)6-16(2)10-13-4-3-5-14-10/h3-5H,6-7H2,1-2H3,(H2,12,15,17,19). The van der Waals surface area contributed by atoms with Crippen LogP contribution in [0.25, 0.3) is 0 Å². The van der Waals surface area contributed by atoms with Gasteiger partial charge in [-0.05, 0) is 6.07 Å². The molecule has 1 heterocycles. The highest BCUT2D eigenvalue weighted by Gasteiger charge is 2.13. The second-order valence-corrected chi connectivity index (χ2v) is 3.69. The predicted molar refractivity (Wildman–Crippen MR) is 68.9 cm³/mol. The number of aromatic nitrogens is 2. The van der Waals surface area contributed by atoms with E-state index >= 15 is 0 Å². The first-order valence-corrected chi connectivity index (χ1v) is 5.68. The quantitative estimate of drug-likeness (QED) is 0.659. The Hall–Kier alpha value is -2.71. The average molecular weight is 281 g/mol. The number of nitrogens with zero attached hydrogens (tertiary/aromatic N) is 3. The van der Waals surface area contributed by atoms with Crippen LogP contribution in [0.5, 0.6) is 0 Å². The van der Waals surface area contributed by atoms with Gasteiger partial charge >= 0.3 is 12.0 Å². The zero-order chi connectivity index (χ0) is 15.0. The Morgan fingerprint density at radius 2 is 1.95 bits per heavy atom. The number of hydrogen-bond acceptors (Lipinski definition) is 7. The van der Waals surface area contributed by atoms with Crippen LogP contribution in [0.1, 0.15) is 0 Å². The van der Waals surface area contributed by atoms with Gasteiger partial charge in [0, 0.05) is 26.5 Å². The minimum absolute atomic E-state index is 0.114. The molecule has 0 radical (unpaired) electrons. The summed E-state index contributed by atoms with van der Waals surface area (Å²) in [4.78, 5) is 42.9. The molecule has 1 aromatic rings. The first-order valence-electron chi connectivity index (χ1n) is 5.68. The van der Waals surface area contributed by atoms with E-state index in [-0.39, 0.29) is 6.54 Å². The van der Waals surface area contributed by atoms with E-state index in [0.29, 0.717) is 5.95 Å². The lowest BCUT2D eigenvalue weighted by Crippen LogP contribution is -2.40. The molecule has 9 nitrogen and oxygen atoms in total. The molecular weight excluding hydrogens is 266 g/mol.